The number of anilines is 1. The molecule has 6 nitrogen and oxygen atoms in total. The number of fused-ring (bicyclic) bond motifs is 1. The maximum Gasteiger partial charge on any atom is 0.321 e. The number of aromatic nitrogens is 1. The Morgan fingerprint density at radius 2 is 1.97 bits per heavy atom. The zero-order valence-electron chi connectivity index (χ0n) is 16.3. The first-order valence-electron chi connectivity index (χ1n) is 10.1. The number of nitrogens with one attached hydrogen (secondary N) is 2. The van der Waals surface area contributed by atoms with Gasteiger partial charge in [0.1, 0.15) is 5.75 Å². The van der Waals surface area contributed by atoms with E-state index in [1.54, 1.807) is 18.2 Å². The van der Waals surface area contributed by atoms with Crippen LogP contribution in [0.15, 0.2) is 48.5 Å². The number of likely N-dealkylation sites (tertiary alicyclic amines) is 1. The molecule has 1 saturated heterocycles. The van der Waals surface area contributed by atoms with Crippen LogP contribution < -0.4 is 10.6 Å². The lowest BCUT2D eigenvalue weighted by Crippen LogP contribution is -2.35. The molecular formula is C22H26N4O2S. The van der Waals surface area contributed by atoms with Gasteiger partial charge in [0.05, 0.1) is 10.2 Å². The Labute approximate surface area is 174 Å². The van der Waals surface area contributed by atoms with Crippen molar-refractivity contribution in [2.24, 2.45) is 5.92 Å². The monoisotopic (exact) mass is 410 g/mol. The summed E-state index contributed by atoms with van der Waals surface area (Å²) in [4.78, 5) is 19.0. The number of nitrogens with zero attached hydrogens (tertiary/aromatic N) is 2. The average molecular weight is 411 g/mol. The Kier molecular flexibility index (Phi) is 6.27. The van der Waals surface area contributed by atoms with Crippen LogP contribution in [0.25, 0.3) is 10.2 Å². The van der Waals surface area contributed by atoms with Gasteiger partial charge in [-0.05, 0) is 62.0 Å². The van der Waals surface area contributed by atoms with Crippen molar-refractivity contribution in [3.8, 4) is 5.75 Å². The predicted molar refractivity (Wildman–Crippen MR) is 117 cm³/mol. The van der Waals surface area contributed by atoms with Crippen molar-refractivity contribution in [1.29, 1.82) is 0 Å². The number of urea groups is 1. The van der Waals surface area contributed by atoms with E-state index in [1.807, 2.05) is 0 Å². The lowest BCUT2D eigenvalue weighted by molar-refractivity contribution is 0.172. The molecule has 0 saturated carbocycles. The largest absolute Gasteiger partial charge is 0.508 e. The number of amides is 2. The molecule has 3 aromatic rings. The number of carbonyl (C=O) groups is 1. The van der Waals surface area contributed by atoms with Gasteiger partial charge in [-0.25, -0.2) is 9.78 Å². The minimum absolute atomic E-state index is 0.201. The molecule has 152 valence electrons. The zero-order valence-corrected chi connectivity index (χ0v) is 17.1. The Morgan fingerprint density at radius 1 is 1.17 bits per heavy atom. The molecule has 2 aromatic carbocycles. The first-order valence-corrected chi connectivity index (χ1v) is 10.9. The SMILES string of the molecule is O=C(NCCC1CCN(Cc2ccccc2)CC1)Nc1nc2ccc(O)cc2s1. The molecule has 0 atom stereocenters. The average Bonchev–Trinajstić information content (AvgIpc) is 3.11. The molecule has 1 aliphatic heterocycles. The van der Waals surface area contributed by atoms with E-state index in [-0.39, 0.29) is 11.8 Å². The summed E-state index contributed by atoms with van der Waals surface area (Å²) in [7, 11) is 0. The summed E-state index contributed by atoms with van der Waals surface area (Å²) in [6, 6.07) is 15.4. The maximum absolute atomic E-state index is 12.1. The molecule has 29 heavy (non-hydrogen) atoms. The molecule has 0 radical (unpaired) electrons. The molecule has 0 bridgehead atoms. The number of rotatable bonds is 6. The summed E-state index contributed by atoms with van der Waals surface area (Å²) in [6.45, 7) is 3.92. The van der Waals surface area contributed by atoms with E-state index in [4.69, 9.17) is 0 Å². The van der Waals surface area contributed by atoms with Gasteiger partial charge in [-0.3, -0.25) is 10.2 Å². The van der Waals surface area contributed by atoms with E-state index in [1.165, 1.54) is 29.7 Å². The van der Waals surface area contributed by atoms with Crippen molar-refractivity contribution in [1.82, 2.24) is 15.2 Å². The third-order valence-corrected chi connectivity index (χ3v) is 6.32. The topological polar surface area (TPSA) is 77.5 Å². The Bertz CT molecular complexity index is 952. The fraction of sp³-hybridized carbons (Fsp3) is 0.364. The van der Waals surface area contributed by atoms with Crippen LogP contribution in [0.3, 0.4) is 0 Å². The Balaban J connectivity index is 1.16. The number of phenolic OH excluding ortho intramolecular Hbond substituents is 1. The first kappa shape index (κ1) is 19.7. The fourth-order valence-electron chi connectivity index (χ4n) is 3.77. The van der Waals surface area contributed by atoms with Crippen molar-refractivity contribution in [3.05, 3.63) is 54.1 Å². The van der Waals surface area contributed by atoms with Gasteiger partial charge in [0.25, 0.3) is 0 Å². The highest BCUT2D eigenvalue weighted by atomic mass is 32.1. The molecule has 0 aliphatic carbocycles. The van der Waals surface area contributed by atoms with Gasteiger partial charge in [-0.1, -0.05) is 41.7 Å². The fourth-order valence-corrected chi connectivity index (χ4v) is 4.67. The molecule has 0 unspecified atom stereocenters. The van der Waals surface area contributed by atoms with Crippen LogP contribution in [-0.2, 0) is 6.54 Å². The van der Waals surface area contributed by atoms with Gasteiger partial charge in [-0.2, -0.15) is 0 Å². The van der Waals surface area contributed by atoms with Gasteiger partial charge >= 0.3 is 6.03 Å². The van der Waals surface area contributed by atoms with Gasteiger partial charge in [0.2, 0.25) is 0 Å². The number of hydrogen-bond acceptors (Lipinski definition) is 5. The molecular weight excluding hydrogens is 384 g/mol. The van der Waals surface area contributed by atoms with Crippen molar-refractivity contribution in [2.45, 2.75) is 25.8 Å². The van der Waals surface area contributed by atoms with Gasteiger partial charge in [0, 0.05) is 13.1 Å². The van der Waals surface area contributed by atoms with E-state index in [9.17, 15) is 9.90 Å². The quantitative estimate of drug-likeness (QED) is 0.562. The van der Waals surface area contributed by atoms with E-state index in [0.29, 0.717) is 17.6 Å². The summed E-state index contributed by atoms with van der Waals surface area (Å²) in [5.41, 5.74) is 2.14. The highest BCUT2D eigenvalue weighted by Gasteiger charge is 2.19. The number of phenols is 1. The van der Waals surface area contributed by atoms with E-state index < -0.39 is 0 Å². The highest BCUT2D eigenvalue weighted by Crippen LogP contribution is 2.28. The lowest BCUT2D eigenvalue weighted by Gasteiger charge is -2.32. The van der Waals surface area contributed by atoms with E-state index in [0.717, 1.165) is 36.3 Å². The Hall–Kier alpha value is -2.64. The van der Waals surface area contributed by atoms with Crippen LogP contribution >= 0.6 is 11.3 Å². The summed E-state index contributed by atoms with van der Waals surface area (Å²) < 4.78 is 0.850. The summed E-state index contributed by atoms with van der Waals surface area (Å²) >= 11 is 1.35. The summed E-state index contributed by atoms with van der Waals surface area (Å²) in [5.74, 6) is 0.861. The van der Waals surface area contributed by atoms with Gasteiger partial charge < -0.3 is 10.4 Å². The molecule has 1 aliphatic rings. The van der Waals surface area contributed by atoms with Crippen molar-refractivity contribution >= 4 is 32.7 Å². The van der Waals surface area contributed by atoms with Crippen molar-refractivity contribution < 1.29 is 9.90 Å². The third-order valence-electron chi connectivity index (χ3n) is 5.39. The Morgan fingerprint density at radius 3 is 2.76 bits per heavy atom. The molecule has 4 rings (SSSR count). The number of thiazole rings is 1. The second kappa shape index (κ2) is 9.24. The number of benzene rings is 2. The van der Waals surface area contributed by atoms with Crippen molar-refractivity contribution in [2.75, 3.05) is 25.0 Å². The van der Waals surface area contributed by atoms with E-state index >= 15 is 0 Å². The number of hydrogen-bond donors (Lipinski definition) is 3. The minimum atomic E-state index is -0.227. The summed E-state index contributed by atoms with van der Waals surface area (Å²) in [5, 5.41) is 15.8. The second-order valence-electron chi connectivity index (χ2n) is 7.55. The van der Waals surface area contributed by atoms with Crippen LogP contribution in [0.5, 0.6) is 5.75 Å². The smallest absolute Gasteiger partial charge is 0.321 e. The molecule has 1 fully saturated rings. The third kappa shape index (κ3) is 5.46. The zero-order chi connectivity index (χ0) is 20.1. The molecule has 1 aromatic heterocycles. The minimum Gasteiger partial charge on any atom is -0.508 e. The van der Waals surface area contributed by atoms with Crippen LogP contribution in [0.2, 0.25) is 0 Å². The van der Waals surface area contributed by atoms with Crippen molar-refractivity contribution in [3.63, 3.8) is 0 Å². The van der Waals surface area contributed by atoms with Crippen LogP contribution in [0, 0.1) is 5.92 Å². The number of aromatic hydroxyl groups is 1. The molecule has 3 N–H and O–H groups in total. The standard InChI is InChI=1S/C22H26N4O2S/c27-18-6-7-19-20(14-18)29-22(24-19)25-21(28)23-11-8-16-9-12-26(13-10-16)15-17-4-2-1-3-5-17/h1-7,14,16,27H,8-13,15H2,(H2,23,24,25,28). The van der Waals surface area contributed by atoms with Gasteiger partial charge in [-0.15, -0.1) is 0 Å². The number of carbonyl (C=O) groups excluding carboxylic acids is 1. The van der Waals surface area contributed by atoms with Crippen LogP contribution in [0.1, 0.15) is 24.8 Å². The molecule has 0 spiro atoms. The number of piperidine rings is 1. The highest BCUT2D eigenvalue weighted by molar-refractivity contribution is 7.22. The second-order valence-corrected chi connectivity index (χ2v) is 8.58. The van der Waals surface area contributed by atoms with Crippen LogP contribution in [0.4, 0.5) is 9.93 Å². The summed E-state index contributed by atoms with van der Waals surface area (Å²) in [6.07, 6.45) is 3.36. The van der Waals surface area contributed by atoms with Gasteiger partial charge in [0.15, 0.2) is 5.13 Å². The maximum atomic E-state index is 12.1. The molecule has 2 heterocycles. The molecule has 7 heteroatoms. The van der Waals surface area contributed by atoms with Crippen LogP contribution in [-0.4, -0.2) is 40.7 Å². The molecule has 2 amide bonds. The first-order chi connectivity index (χ1) is 14.2. The van der Waals surface area contributed by atoms with E-state index in [2.05, 4.69) is 50.8 Å². The lowest BCUT2D eigenvalue weighted by atomic mass is 9.93. The predicted octanol–water partition coefficient (Wildman–Crippen LogP) is 4.43. The normalized spacial score (nSPS) is 15.4.